The maximum absolute atomic E-state index is 14.9. The van der Waals surface area contributed by atoms with Gasteiger partial charge in [0.25, 0.3) is 0 Å². The Balaban J connectivity index is 1.45. The predicted molar refractivity (Wildman–Crippen MR) is 160 cm³/mol. The van der Waals surface area contributed by atoms with Gasteiger partial charge in [-0.15, -0.1) is 0 Å². The van der Waals surface area contributed by atoms with Crippen LogP contribution in [0.5, 0.6) is 0 Å². The van der Waals surface area contributed by atoms with Gasteiger partial charge in [-0.1, -0.05) is 64.1 Å². The van der Waals surface area contributed by atoms with Crippen LogP contribution in [0.3, 0.4) is 0 Å². The van der Waals surface area contributed by atoms with Crippen LogP contribution in [-0.2, 0) is 25.4 Å². The van der Waals surface area contributed by atoms with Gasteiger partial charge in [0.2, 0.25) is 0 Å². The van der Waals surface area contributed by atoms with E-state index < -0.39 is 41.0 Å². The number of Topliss-reactive ketones (excluding diaryl/α,β-unsaturated/α-hetero) is 1. The van der Waals surface area contributed by atoms with Gasteiger partial charge in [-0.05, 0) is 86.0 Å². The number of aryl methyl sites for hydroxylation is 1. The van der Waals surface area contributed by atoms with Gasteiger partial charge >= 0.3 is 6.09 Å². The van der Waals surface area contributed by atoms with Crippen molar-refractivity contribution in [1.82, 2.24) is 4.90 Å². The summed E-state index contributed by atoms with van der Waals surface area (Å²) in [7, 11) is 1.77. The molecule has 2 fully saturated rings. The summed E-state index contributed by atoms with van der Waals surface area (Å²) in [6.45, 7) is 14.3. The van der Waals surface area contributed by atoms with Crippen molar-refractivity contribution in [2.24, 2.45) is 28.6 Å². The number of rotatable bonds is 2. The molecule has 42 heavy (non-hydrogen) atoms. The van der Waals surface area contributed by atoms with Crippen LogP contribution in [0.15, 0.2) is 47.6 Å². The van der Waals surface area contributed by atoms with Gasteiger partial charge in [-0.25, -0.2) is 4.79 Å². The van der Waals surface area contributed by atoms with E-state index in [-0.39, 0.29) is 35.7 Å². The van der Waals surface area contributed by atoms with E-state index in [4.69, 9.17) is 14.2 Å². The van der Waals surface area contributed by atoms with Crippen LogP contribution in [-0.4, -0.2) is 59.1 Å². The third-order valence-corrected chi connectivity index (χ3v) is 11.6. The normalized spacial score (nSPS) is 39.9. The molecule has 1 saturated carbocycles. The number of allylic oxidation sites excluding steroid dienone is 1. The Kier molecular flexibility index (Phi) is 6.88. The molecule has 4 aliphatic carbocycles. The van der Waals surface area contributed by atoms with Crippen molar-refractivity contribution in [1.29, 1.82) is 0 Å². The number of carbonyl (C=O) groups excluding carboxylic acids is 2. The first-order valence-corrected chi connectivity index (χ1v) is 15.6. The summed E-state index contributed by atoms with van der Waals surface area (Å²) < 4.78 is 19.0. The third-order valence-electron chi connectivity index (χ3n) is 11.6. The molecule has 8 atom stereocenters. The van der Waals surface area contributed by atoms with Crippen molar-refractivity contribution in [2.45, 2.75) is 104 Å². The zero-order valence-electron chi connectivity index (χ0n) is 26.4. The van der Waals surface area contributed by atoms with E-state index in [1.165, 1.54) is 5.56 Å². The van der Waals surface area contributed by atoms with Crippen LogP contribution in [0.25, 0.3) is 0 Å². The molecule has 0 radical (unpaired) electrons. The average molecular weight is 578 g/mol. The molecule has 1 spiro atoms. The highest BCUT2D eigenvalue weighted by Crippen LogP contribution is 2.64. The van der Waals surface area contributed by atoms with Crippen molar-refractivity contribution >= 4 is 11.9 Å². The van der Waals surface area contributed by atoms with Crippen LogP contribution in [0, 0.1) is 28.6 Å². The molecule has 1 aromatic rings. The topological polar surface area (TPSA) is 85.3 Å². The lowest BCUT2D eigenvalue weighted by Gasteiger charge is -2.52. The molecule has 2 bridgehead atoms. The lowest BCUT2D eigenvalue weighted by atomic mass is 9.59. The van der Waals surface area contributed by atoms with Crippen LogP contribution in [0.2, 0.25) is 0 Å². The Morgan fingerprint density at radius 3 is 2.57 bits per heavy atom. The Hall–Kier alpha value is -2.48. The molecule has 0 aromatic heterocycles. The second-order valence-electron chi connectivity index (χ2n) is 14.7. The smallest absolute Gasteiger partial charge is 0.410 e. The lowest BCUT2D eigenvalue weighted by Crippen LogP contribution is -2.68. The fourth-order valence-electron chi connectivity index (χ4n) is 8.80. The highest BCUT2D eigenvalue weighted by Gasteiger charge is 2.74. The Bertz CT molecular complexity index is 1360. The first-order valence-electron chi connectivity index (χ1n) is 15.6. The van der Waals surface area contributed by atoms with Gasteiger partial charge in [0.1, 0.15) is 6.10 Å². The number of fused-ring (bicyclic) bond motifs is 4. The zero-order valence-corrected chi connectivity index (χ0v) is 26.4. The average Bonchev–Trinajstić information content (AvgIpc) is 3.10. The first kappa shape index (κ1) is 29.6. The van der Waals surface area contributed by atoms with Crippen molar-refractivity contribution in [3.8, 4) is 0 Å². The largest absolute Gasteiger partial charge is 0.438 e. The maximum Gasteiger partial charge on any atom is 0.410 e. The number of aliphatic hydroxyl groups is 1. The second-order valence-corrected chi connectivity index (χ2v) is 14.7. The molecule has 1 unspecified atom stereocenters. The zero-order chi connectivity index (χ0) is 30.4. The van der Waals surface area contributed by atoms with E-state index in [1.807, 2.05) is 45.1 Å². The van der Waals surface area contributed by atoms with E-state index in [0.717, 1.165) is 36.8 Å². The van der Waals surface area contributed by atoms with Crippen LogP contribution in [0.4, 0.5) is 4.79 Å². The summed E-state index contributed by atoms with van der Waals surface area (Å²) in [5, 5.41) is 13.3. The molecule has 1 N–H and O–H groups in total. The van der Waals surface area contributed by atoms with E-state index in [0.29, 0.717) is 5.57 Å². The van der Waals surface area contributed by atoms with Gasteiger partial charge in [-0.2, -0.15) is 0 Å². The third kappa shape index (κ3) is 4.02. The molecule has 1 aliphatic heterocycles. The molecular weight excluding hydrogens is 530 g/mol. The van der Waals surface area contributed by atoms with Gasteiger partial charge < -0.3 is 24.2 Å². The molecule has 6 rings (SSSR count). The predicted octanol–water partition coefficient (Wildman–Crippen LogP) is 6.16. The summed E-state index contributed by atoms with van der Waals surface area (Å²) in [6, 6.07) is 8.13. The first-order chi connectivity index (χ1) is 19.6. The summed E-state index contributed by atoms with van der Waals surface area (Å²) in [5.74, 6) is -1.46. The van der Waals surface area contributed by atoms with Gasteiger partial charge in [0, 0.05) is 13.0 Å². The van der Waals surface area contributed by atoms with Crippen LogP contribution < -0.4 is 0 Å². The number of carbonyl (C=O) groups is 2. The van der Waals surface area contributed by atoms with Gasteiger partial charge in [-0.3, -0.25) is 4.79 Å². The molecule has 7 heteroatoms. The fraction of sp³-hybridized carbons (Fsp3) is 0.657. The fourth-order valence-corrected chi connectivity index (χ4v) is 8.80. The minimum atomic E-state index is -1.84. The molecule has 1 aromatic carbocycles. The van der Waals surface area contributed by atoms with Gasteiger partial charge in [0.05, 0.1) is 18.1 Å². The number of amides is 1. The van der Waals surface area contributed by atoms with Crippen molar-refractivity contribution in [3.05, 3.63) is 58.7 Å². The second kappa shape index (κ2) is 9.76. The molecule has 228 valence electrons. The molecule has 1 saturated heterocycles. The summed E-state index contributed by atoms with van der Waals surface area (Å²) in [5.41, 5.74) is 0.333. The molecule has 5 aliphatic rings. The monoisotopic (exact) mass is 577 g/mol. The summed E-state index contributed by atoms with van der Waals surface area (Å²) in [6.07, 6.45) is 5.03. The highest BCUT2D eigenvalue weighted by molar-refractivity contribution is 5.95. The van der Waals surface area contributed by atoms with E-state index in [1.54, 1.807) is 11.9 Å². The molecular formula is C35H47NO6. The Morgan fingerprint density at radius 2 is 1.83 bits per heavy atom. The Morgan fingerprint density at radius 1 is 1.12 bits per heavy atom. The van der Waals surface area contributed by atoms with Crippen LogP contribution >= 0.6 is 0 Å². The molecule has 7 nitrogen and oxygen atoms in total. The SMILES string of the molecule is CC1=C[C@]23C(=O)[C@@H](C=C4COC(C)(C)O[C@H]4[C@]2(O)[C@H]1OC(=O)N(C)C1CCCc2ccccc21)C(C)(C)[C@@H](C)C[C@H]3C. The van der Waals surface area contributed by atoms with Crippen molar-refractivity contribution in [2.75, 3.05) is 13.7 Å². The quantitative estimate of drug-likeness (QED) is 0.424. The number of nitrogens with zero attached hydrogens (tertiary/aromatic N) is 1. The number of hydrogen-bond donors (Lipinski definition) is 1. The highest BCUT2D eigenvalue weighted by atomic mass is 16.7. The lowest BCUT2D eigenvalue weighted by molar-refractivity contribution is -0.303. The standard InChI is InChI=1S/C35H47NO6/c1-20-18-34-22(3)16-21(2)32(4,5)26(28(34)37)17-24-19-40-33(6,7)42-30(24)35(34,39)29(20)41-31(38)36(8)27-15-11-13-23-12-9-10-14-25(23)27/h9-10,12,14,17-18,21-22,26-27,29-30,39H,11,13,15-16,19H2,1-8H3/t21-,22+,26+,27?,29-,30+,34-,35+/m0/s1. The van der Waals surface area contributed by atoms with E-state index >= 15 is 0 Å². The molecule has 1 amide bonds. The number of hydrogen-bond acceptors (Lipinski definition) is 6. The Labute approximate surface area is 250 Å². The van der Waals surface area contributed by atoms with Crippen molar-refractivity contribution in [3.63, 3.8) is 0 Å². The minimum Gasteiger partial charge on any atom is -0.438 e. The van der Waals surface area contributed by atoms with Gasteiger partial charge in [0.15, 0.2) is 23.3 Å². The number of benzene rings is 1. The summed E-state index contributed by atoms with van der Waals surface area (Å²) in [4.78, 5) is 30.6. The minimum absolute atomic E-state index is 0.0254. The number of ether oxygens (including phenoxy) is 3. The van der Waals surface area contributed by atoms with Crippen molar-refractivity contribution < 1.29 is 28.9 Å². The summed E-state index contributed by atoms with van der Waals surface area (Å²) >= 11 is 0. The maximum atomic E-state index is 14.9. The van der Waals surface area contributed by atoms with E-state index in [9.17, 15) is 14.7 Å². The van der Waals surface area contributed by atoms with E-state index in [2.05, 4.69) is 39.8 Å². The number of ketones is 1. The molecule has 1 heterocycles. The van der Waals surface area contributed by atoms with Crippen LogP contribution in [0.1, 0.15) is 84.9 Å².